The molecular weight excluding hydrogens is 306 g/mol. The molecule has 5 nitrogen and oxygen atoms in total. The lowest BCUT2D eigenvalue weighted by Crippen LogP contribution is -2.39. The van der Waals surface area contributed by atoms with E-state index >= 15 is 0 Å². The predicted molar refractivity (Wildman–Crippen MR) is 88.8 cm³/mol. The second-order valence-electron chi connectivity index (χ2n) is 7.41. The lowest BCUT2D eigenvalue weighted by molar-refractivity contribution is -0.133. The molecule has 130 valence electrons. The van der Waals surface area contributed by atoms with Crippen LogP contribution in [-0.4, -0.2) is 56.9 Å². The average molecular weight is 331 g/mol. The smallest absolute Gasteiger partial charge is 0.260 e. The molecule has 0 radical (unpaired) electrons. The largest absolute Gasteiger partial charge is 0.484 e. The van der Waals surface area contributed by atoms with Crippen molar-refractivity contribution in [2.75, 3.05) is 46.1 Å². The van der Waals surface area contributed by atoms with E-state index in [0.29, 0.717) is 19.1 Å². The molecule has 4 rings (SSSR count). The molecule has 0 spiro atoms. The third-order valence-corrected chi connectivity index (χ3v) is 5.42. The van der Waals surface area contributed by atoms with Crippen LogP contribution in [0.25, 0.3) is 0 Å². The summed E-state index contributed by atoms with van der Waals surface area (Å²) in [6.45, 7) is 4.57. The highest BCUT2D eigenvalue weighted by molar-refractivity contribution is 5.78. The van der Waals surface area contributed by atoms with Crippen LogP contribution in [0.3, 0.4) is 0 Å². The number of carbonyl (C=O) groups excluding carboxylic acids is 1. The van der Waals surface area contributed by atoms with Gasteiger partial charge in [0.25, 0.3) is 5.91 Å². The van der Waals surface area contributed by atoms with Crippen molar-refractivity contribution in [1.82, 2.24) is 4.90 Å². The number of rotatable bonds is 7. The molecule has 1 aliphatic carbocycles. The highest BCUT2D eigenvalue weighted by Gasteiger charge is 2.52. The maximum atomic E-state index is 12.5. The Kier molecular flexibility index (Phi) is 4.46. The average Bonchev–Trinajstić information content (AvgIpc) is 3.23. The first kappa shape index (κ1) is 15.9. The SMILES string of the molecule is O=C(COc1ccccc1)N1C[C@@H]2COC[C@]2(COCC2CC2)C1. The summed E-state index contributed by atoms with van der Waals surface area (Å²) in [4.78, 5) is 14.4. The normalized spacial score (nSPS) is 28.8. The van der Waals surface area contributed by atoms with E-state index in [1.807, 2.05) is 35.2 Å². The number of para-hydroxylation sites is 1. The number of likely N-dealkylation sites (tertiary alicyclic amines) is 1. The van der Waals surface area contributed by atoms with Gasteiger partial charge in [-0.3, -0.25) is 4.79 Å². The van der Waals surface area contributed by atoms with Crippen LogP contribution in [0.5, 0.6) is 5.75 Å². The first-order valence-electron chi connectivity index (χ1n) is 8.86. The lowest BCUT2D eigenvalue weighted by atomic mass is 9.82. The Morgan fingerprint density at radius 3 is 2.92 bits per heavy atom. The number of nitrogens with zero attached hydrogens (tertiary/aromatic N) is 1. The molecule has 0 aromatic heterocycles. The summed E-state index contributed by atoms with van der Waals surface area (Å²) in [5.41, 5.74) is -0.0166. The van der Waals surface area contributed by atoms with Gasteiger partial charge in [0, 0.05) is 31.0 Å². The van der Waals surface area contributed by atoms with Gasteiger partial charge in [-0.15, -0.1) is 0 Å². The zero-order valence-electron chi connectivity index (χ0n) is 14.0. The van der Waals surface area contributed by atoms with Gasteiger partial charge in [0.15, 0.2) is 6.61 Å². The van der Waals surface area contributed by atoms with E-state index in [4.69, 9.17) is 14.2 Å². The van der Waals surface area contributed by atoms with E-state index < -0.39 is 0 Å². The highest BCUT2D eigenvalue weighted by Crippen LogP contribution is 2.42. The van der Waals surface area contributed by atoms with E-state index in [0.717, 1.165) is 38.0 Å². The molecule has 2 saturated heterocycles. The van der Waals surface area contributed by atoms with Crippen molar-refractivity contribution in [2.45, 2.75) is 12.8 Å². The number of carbonyl (C=O) groups is 1. The van der Waals surface area contributed by atoms with Crippen LogP contribution < -0.4 is 4.74 Å². The number of fused-ring (bicyclic) bond motifs is 1. The van der Waals surface area contributed by atoms with Crippen molar-refractivity contribution >= 4 is 5.91 Å². The molecule has 3 aliphatic rings. The van der Waals surface area contributed by atoms with E-state index in [1.54, 1.807) is 0 Å². The molecule has 1 saturated carbocycles. The summed E-state index contributed by atoms with van der Waals surface area (Å²) >= 11 is 0. The third-order valence-electron chi connectivity index (χ3n) is 5.42. The number of hydrogen-bond donors (Lipinski definition) is 0. The van der Waals surface area contributed by atoms with Crippen molar-refractivity contribution in [3.8, 4) is 5.75 Å². The lowest BCUT2D eigenvalue weighted by Gasteiger charge is -2.27. The number of hydrogen-bond acceptors (Lipinski definition) is 4. The number of amides is 1. The highest BCUT2D eigenvalue weighted by atomic mass is 16.5. The summed E-state index contributed by atoms with van der Waals surface area (Å²) in [5.74, 6) is 1.93. The van der Waals surface area contributed by atoms with Gasteiger partial charge in [0.2, 0.25) is 0 Å². The second kappa shape index (κ2) is 6.73. The molecule has 2 aliphatic heterocycles. The minimum Gasteiger partial charge on any atom is -0.484 e. The fourth-order valence-corrected chi connectivity index (χ4v) is 3.69. The van der Waals surface area contributed by atoms with Gasteiger partial charge in [0.05, 0.1) is 19.8 Å². The molecule has 2 heterocycles. The molecule has 2 atom stereocenters. The minimum absolute atomic E-state index is 0.0166. The molecule has 0 N–H and O–H groups in total. The summed E-state index contributed by atoms with van der Waals surface area (Å²) < 4.78 is 17.3. The van der Waals surface area contributed by atoms with Crippen molar-refractivity contribution in [2.24, 2.45) is 17.3 Å². The van der Waals surface area contributed by atoms with Crippen LogP contribution in [0.4, 0.5) is 0 Å². The summed E-state index contributed by atoms with van der Waals surface area (Å²) in [6, 6.07) is 9.48. The zero-order chi connectivity index (χ0) is 16.4. The first-order chi connectivity index (χ1) is 11.8. The Morgan fingerprint density at radius 2 is 2.12 bits per heavy atom. The third kappa shape index (κ3) is 3.42. The van der Waals surface area contributed by atoms with Crippen LogP contribution in [0.2, 0.25) is 0 Å². The summed E-state index contributed by atoms with van der Waals surface area (Å²) in [7, 11) is 0. The maximum Gasteiger partial charge on any atom is 0.260 e. The fourth-order valence-electron chi connectivity index (χ4n) is 3.69. The first-order valence-corrected chi connectivity index (χ1v) is 8.86. The minimum atomic E-state index is -0.0166. The molecule has 0 bridgehead atoms. The van der Waals surface area contributed by atoms with Gasteiger partial charge < -0.3 is 19.1 Å². The van der Waals surface area contributed by atoms with Crippen LogP contribution >= 0.6 is 0 Å². The molecule has 24 heavy (non-hydrogen) atoms. The predicted octanol–water partition coefficient (Wildman–Crippen LogP) is 1.97. The Balaban J connectivity index is 1.30. The standard InChI is InChI=1S/C19H25NO4/c21-18(11-24-17-4-2-1-3-5-17)20-8-16-10-23-14-19(16,12-20)13-22-9-15-6-7-15/h1-5,15-16H,6-14H2/t16-,19-/m1/s1. The Bertz CT molecular complexity index is 574. The molecule has 1 aromatic rings. The number of benzene rings is 1. The molecular formula is C19H25NO4. The quantitative estimate of drug-likeness (QED) is 0.766. The maximum absolute atomic E-state index is 12.5. The van der Waals surface area contributed by atoms with Crippen molar-refractivity contribution in [1.29, 1.82) is 0 Å². The van der Waals surface area contributed by atoms with Crippen LogP contribution in [0, 0.1) is 17.3 Å². The van der Waals surface area contributed by atoms with Crippen LogP contribution in [-0.2, 0) is 14.3 Å². The summed E-state index contributed by atoms with van der Waals surface area (Å²) in [6.07, 6.45) is 2.60. The van der Waals surface area contributed by atoms with E-state index in [-0.39, 0.29) is 17.9 Å². The molecule has 3 fully saturated rings. The fraction of sp³-hybridized carbons (Fsp3) is 0.632. The zero-order valence-corrected chi connectivity index (χ0v) is 14.0. The number of ether oxygens (including phenoxy) is 3. The molecule has 1 amide bonds. The van der Waals surface area contributed by atoms with E-state index in [9.17, 15) is 4.79 Å². The van der Waals surface area contributed by atoms with Gasteiger partial charge in [-0.25, -0.2) is 0 Å². The topological polar surface area (TPSA) is 48.0 Å². The van der Waals surface area contributed by atoms with Crippen molar-refractivity contribution in [3.63, 3.8) is 0 Å². The van der Waals surface area contributed by atoms with Gasteiger partial charge in [-0.05, 0) is 30.9 Å². The monoisotopic (exact) mass is 331 g/mol. The Morgan fingerprint density at radius 1 is 1.29 bits per heavy atom. The van der Waals surface area contributed by atoms with E-state index in [1.165, 1.54) is 12.8 Å². The van der Waals surface area contributed by atoms with Crippen molar-refractivity contribution < 1.29 is 19.0 Å². The Labute approximate surface area is 142 Å². The van der Waals surface area contributed by atoms with Crippen molar-refractivity contribution in [3.05, 3.63) is 30.3 Å². The van der Waals surface area contributed by atoms with Gasteiger partial charge in [-0.1, -0.05) is 18.2 Å². The molecule has 5 heteroatoms. The van der Waals surface area contributed by atoms with Crippen LogP contribution in [0.15, 0.2) is 30.3 Å². The van der Waals surface area contributed by atoms with Crippen LogP contribution in [0.1, 0.15) is 12.8 Å². The van der Waals surface area contributed by atoms with Gasteiger partial charge in [0.1, 0.15) is 5.75 Å². The second-order valence-corrected chi connectivity index (χ2v) is 7.41. The van der Waals surface area contributed by atoms with Gasteiger partial charge in [-0.2, -0.15) is 0 Å². The molecule has 1 aromatic carbocycles. The molecule has 0 unspecified atom stereocenters. The Hall–Kier alpha value is -1.59. The van der Waals surface area contributed by atoms with E-state index in [2.05, 4.69) is 0 Å². The van der Waals surface area contributed by atoms with Gasteiger partial charge >= 0.3 is 0 Å². The summed E-state index contributed by atoms with van der Waals surface area (Å²) in [5, 5.41) is 0.